The minimum absolute atomic E-state index is 0.162. The number of ether oxygens (including phenoxy) is 3. The van der Waals surface area contributed by atoms with E-state index in [0.29, 0.717) is 11.5 Å². The third-order valence-electron chi connectivity index (χ3n) is 4.85. The van der Waals surface area contributed by atoms with Crippen molar-refractivity contribution >= 4 is 5.97 Å². The zero-order valence-electron chi connectivity index (χ0n) is 15.3. The van der Waals surface area contributed by atoms with Gasteiger partial charge < -0.3 is 19.5 Å². The predicted molar refractivity (Wildman–Crippen MR) is 99.6 cm³/mol. The van der Waals surface area contributed by atoms with Crippen molar-refractivity contribution in [2.24, 2.45) is 0 Å². The van der Waals surface area contributed by atoms with Crippen LogP contribution in [0.2, 0.25) is 0 Å². The first-order valence-corrected chi connectivity index (χ1v) is 8.86. The molecule has 2 aromatic rings. The summed E-state index contributed by atoms with van der Waals surface area (Å²) in [6.45, 7) is 1.65. The van der Waals surface area contributed by atoms with Crippen LogP contribution in [0, 0.1) is 0 Å². The molecule has 1 saturated heterocycles. The number of rotatable bonds is 6. The quantitative estimate of drug-likeness (QED) is 0.807. The van der Waals surface area contributed by atoms with Crippen molar-refractivity contribution in [3.63, 3.8) is 0 Å². The van der Waals surface area contributed by atoms with E-state index in [2.05, 4.69) is 5.32 Å². The van der Waals surface area contributed by atoms with Crippen LogP contribution >= 0.6 is 0 Å². The molecule has 0 unspecified atom stereocenters. The fraction of sp³-hybridized carbons (Fsp3) is 0.381. The Balaban J connectivity index is 1.79. The molecule has 0 amide bonds. The van der Waals surface area contributed by atoms with Crippen molar-refractivity contribution < 1.29 is 19.0 Å². The summed E-state index contributed by atoms with van der Waals surface area (Å²) in [7, 11) is 3.19. The number of carbonyl (C=O) groups excluding carboxylic acids is 1. The van der Waals surface area contributed by atoms with E-state index in [4.69, 9.17) is 14.2 Å². The van der Waals surface area contributed by atoms with Crippen LogP contribution in [0.25, 0.3) is 0 Å². The van der Waals surface area contributed by atoms with Gasteiger partial charge in [0.25, 0.3) is 0 Å². The van der Waals surface area contributed by atoms with Gasteiger partial charge in [-0.1, -0.05) is 36.4 Å². The second-order valence-corrected chi connectivity index (χ2v) is 6.44. The average Bonchev–Trinajstić information content (AvgIpc) is 2.69. The molecule has 2 aromatic carbocycles. The van der Waals surface area contributed by atoms with Crippen LogP contribution in [0.1, 0.15) is 24.0 Å². The van der Waals surface area contributed by atoms with E-state index in [1.54, 1.807) is 20.3 Å². The predicted octanol–water partition coefficient (Wildman–Crippen LogP) is 3.07. The van der Waals surface area contributed by atoms with Gasteiger partial charge in [0.05, 0.1) is 20.6 Å². The highest BCUT2D eigenvalue weighted by Gasteiger charge is 2.37. The molecular weight excluding hydrogens is 330 g/mol. The van der Waals surface area contributed by atoms with Crippen molar-refractivity contribution in [1.29, 1.82) is 0 Å². The largest absolute Gasteiger partial charge is 0.497 e. The molecule has 0 atom stereocenters. The normalized spacial score (nSPS) is 15.9. The summed E-state index contributed by atoms with van der Waals surface area (Å²) >= 11 is 0. The summed E-state index contributed by atoms with van der Waals surface area (Å²) in [5.74, 6) is 1.07. The van der Waals surface area contributed by atoms with Crippen LogP contribution in [-0.4, -0.2) is 33.3 Å². The topological polar surface area (TPSA) is 56.8 Å². The maximum atomic E-state index is 12.8. The molecule has 0 spiro atoms. The van der Waals surface area contributed by atoms with Crippen molar-refractivity contribution in [2.75, 3.05) is 27.3 Å². The molecular formula is C21H25NO4. The third kappa shape index (κ3) is 3.99. The smallest absolute Gasteiger partial charge is 0.311 e. The number of benzene rings is 2. The molecule has 0 aliphatic carbocycles. The SMILES string of the molecule is COc1ccc(CC(=O)OC2(c3ccccc3)CCNCC2)c(OC)c1. The fourth-order valence-corrected chi connectivity index (χ4v) is 3.43. The molecule has 0 aromatic heterocycles. The zero-order valence-corrected chi connectivity index (χ0v) is 15.3. The Morgan fingerprint density at radius 2 is 1.77 bits per heavy atom. The highest BCUT2D eigenvalue weighted by Crippen LogP contribution is 2.35. The summed E-state index contributed by atoms with van der Waals surface area (Å²) in [6.07, 6.45) is 1.69. The Hall–Kier alpha value is -2.53. The van der Waals surface area contributed by atoms with Gasteiger partial charge in [0.1, 0.15) is 17.1 Å². The Kier molecular flexibility index (Phi) is 5.78. The summed E-state index contributed by atoms with van der Waals surface area (Å²) in [4.78, 5) is 12.8. The Bertz CT molecular complexity index is 739. The van der Waals surface area contributed by atoms with Crippen LogP contribution in [-0.2, 0) is 21.6 Å². The van der Waals surface area contributed by atoms with Crippen molar-refractivity contribution in [1.82, 2.24) is 5.32 Å². The summed E-state index contributed by atoms with van der Waals surface area (Å²) < 4.78 is 16.7. The average molecular weight is 355 g/mol. The van der Waals surface area contributed by atoms with E-state index >= 15 is 0 Å². The van der Waals surface area contributed by atoms with Gasteiger partial charge in [0.2, 0.25) is 0 Å². The molecule has 5 heteroatoms. The Labute approximate surface area is 154 Å². The maximum Gasteiger partial charge on any atom is 0.311 e. The first-order valence-electron chi connectivity index (χ1n) is 8.86. The minimum atomic E-state index is -0.566. The van der Waals surface area contributed by atoms with E-state index in [1.165, 1.54) is 0 Å². The molecule has 0 radical (unpaired) electrons. The van der Waals surface area contributed by atoms with Gasteiger partial charge in [-0.15, -0.1) is 0 Å². The minimum Gasteiger partial charge on any atom is -0.497 e. The number of carbonyl (C=O) groups is 1. The van der Waals surface area contributed by atoms with Crippen molar-refractivity contribution in [3.05, 3.63) is 59.7 Å². The van der Waals surface area contributed by atoms with Gasteiger partial charge in [0.15, 0.2) is 0 Å². The lowest BCUT2D eigenvalue weighted by Crippen LogP contribution is -2.43. The lowest BCUT2D eigenvalue weighted by molar-refractivity contribution is -0.163. The number of hydrogen-bond acceptors (Lipinski definition) is 5. The van der Waals surface area contributed by atoms with Crippen LogP contribution in [0.3, 0.4) is 0 Å². The molecule has 3 rings (SSSR count). The van der Waals surface area contributed by atoms with Crippen molar-refractivity contribution in [2.45, 2.75) is 24.9 Å². The summed E-state index contributed by atoms with van der Waals surface area (Å²) in [5.41, 5.74) is 1.27. The molecule has 1 aliphatic heterocycles. The van der Waals surface area contributed by atoms with Gasteiger partial charge in [-0.25, -0.2) is 0 Å². The lowest BCUT2D eigenvalue weighted by Gasteiger charge is -2.37. The van der Waals surface area contributed by atoms with Gasteiger partial charge in [-0.05, 0) is 24.7 Å². The van der Waals surface area contributed by atoms with E-state index < -0.39 is 5.60 Å². The molecule has 1 fully saturated rings. The number of hydrogen-bond donors (Lipinski definition) is 1. The highest BCUT2D eigenvalue weighted by molar-refractivity contribution is 5.74. The standard InChI is InChI=1S/C21H25NO4/c1-24-18-9-8-16(19(15-18)25-2)14-20(23)26-21(10-12-22-13-11-21)17-6-4-3-5-7-17/h3-9,15,22H,10-14H2,1-2H3. The fourth-order valence-electron chi connectivity index (χ4n) is 3.43. The summed E-state index contributed by atoms with van der Waals surface area (Å²) in [6, 6.07) is 15.5. The van der Waals surface area contributed by atoms with E-state index in [1.807, 2.05) is 42.5 Å². The number of piperidine rings is 1. The lowest BCUT2D eigenvalue weighted by atomic mass is 9.84. The Morgan fingerprint density at radius 1 is 1.04 bits per heavy atom. The maximum absolute atomic E-state index is 12.8. The molecule has 138 valence electrons. The first-order chi connectivity index (χ1) is 12.7. The van der Waals surface area contributed by atoms with Gasteiger partial charge in [-0.2, -0.15) is 0 Å². The number of esters is 1. The molecule has 1 N–H and O–H groups in total. The van der Waals surface area contributed by atoms with E-state index in [9.17, 15) is 4.79 Å². The highest BCUT2D eigenvalue weighted by atomic mass is 16.6. The number of nitrogens with one attached hydrogen (secondary N) is 1. The second kappa shape index (κ2) is 8.23. The molecule has 5 nitrogen and oxygen atoms in total. The summed E-state index contributed by atoms with van der Waals surface area (Å²) in [5, 5.41) is 3.34. The van der Waals surface area contributed by atoms with Crippen molar-refractivity contribution in [3.8, 4) is 11.5 Å². The first kappa shape index (κ1) is 18.3. The van der Waals surface area contributed by atoms with Gasteiger partial charge >= 0.3 is 5.97 Å². The molecule has 1 heterocycles. The van der Waals surface area contributed by atoms with E-state index in [0.717, 1.165) is 37.1 Å². The Morgan fingerprint density at radius 3 is 2.42 bits per heavy atom. The van der Waals surface area contributed by atoms with Crippen LogP contribution in [0.5, 0.6) is 11.5 Å². The third-order valence-corrected chi connectivity index (χ3v) is 4.85. The van der Waals surface area contributed by atoms with Crippen LogP contribution in [0.4, 0.5) is 0 Å². The van der Waals surface area contributed by atoms with Crippen LogP contribution in [0.15, 0.2) is 48.5 Å². The molecule has 1 aliphatic rings. The van der Waals surface area contributed by atoms with Gasteiger partial charge in [0, 0.05) is 24.5 Å². The van der Waals surface area contributed by atoms with E-state index in [-0.39, 0.29) is 12.4 Å². The van der Waals surface area contributed by atoms with Gasteiger partial charge in [-0.3, -0.25) is 4.79 Å². The van der Waals surface area contributed by atoms with Crippen LogP contribution < -0.4 is 14.8 Å². The zero-order chi connectivity index (χ0) is 18.4. The second-order valence-electron chi connectivity index (χ2n) is 6.44. The molecule has 0 bridgehead atoms. The monoisotopic (exact) mass is 355 g/mol. The number of methoxy groups -OCH3 is 2. The molecule has 26 heavy (non-hydrogen) atoms. The molecule has 0 saturated carbocycles.